The molecule has 1 heterocycles. The van der Waals surface area contributed by atoms with Gasteiger partial charge >= 0.3 is 6.92 Å². The van der Waals surface area contributed by atoms with E-state index in [0.717, 1.165) is 18.2 Å². The van der Waals surface area contributed by atoms with Crippen molar-refractivity contribution in [1.29, 1.82) is 0 Å². The monoisotopic (exact) mass is 174 g/mol. The molecule has 2 heteroatoms. The predicted octanol–water partition coefficient (Wildman–Crippen LogP) is 1.56. The Bertz CT molecular complexity index is 320. The summed E-state index contributed by atoms with van der Waals surface area (Å²) in [6, 6.07) is 6.51. The number of benzene rings is 1. The van der Waals surface area contributed by atoms with E-state index in [1.54, 1.807) is 0 Å². The van der Waals surface area contributed by atoms with Crippen molar-refractivity contribution in [2.45, 2.75) is 32.5 Å². The summed E-state index contributed by atoms with van der Waals surface area (Å²) in [5.74, 6) is 0.554. The molecule has 0 amide bonds. The first-order valence-electron chi connectivity index (χ1n) is 4.99. The summed E-state index contributed by atoms with van der Waals surface area (Å²) in [5, 5.41) is 9.69. The van der Waals surface area contributed by atoms with Crippen LogP contribution in [0.3, 0.4) is 0 Å². The molecule has 13 heavy (non-hydrogen) atoms. The van der Waals surface area contributed by atoms with Gasteiger partial charge in [0.25, 0.3) is 0 Å². The number of fused-ring (bicyclic) bond motifs is 1. The minimum atomic E-state index is -0.214. The highest BCUT2D eigenvalue weighted by Gasteiger charge is 2.24. The standard InChI is InChI=1S/C11H15BO/c1-8(2)10-4-3-9-5-6-12(13)11(9)7-10/h3-4,7-8,13H,5-6H2,1-2H3. The minimum Gasteiger partial charge on any atom is -0.446 e. The van der Waals surface area contributed by atoms with Crippen LogP contribution in [0.25, 0.3) is 0 Å². The first kappa shape index (κ1) is 8.83. The molecule has 1 nitrogen and oxygen atoms in total. The molecule has 0 spiro atoms. The average molecular weight is 174 g/mol. The molecule has 0 aromatic heterocycles. The van der Waals surface area contributed by atoms with Crippen LogP contribution in [0.15, 0.2) is 18.2 Å². The molecule has 1 aliphatic heterocycles. The Labute approximate surface area is 79.9 Å². The fourth-order valence-corrected chi connectivity index (χ4v) is 1.96. The Morgan fingerprint density at radius 3 is 2.85 bits per heavy atom. The van der Waals surface area contributed by atoms with Gasteiger partial charge in [0.1, 0.15) is 0 Å². The number of aryl methyl sites for hydroxylation is 1. The van der Waals surface area contributed by atoms with Gasteiger partial charge in [0.15, 0.2) is 0 Å². The zero-order valence-corrected chi connectivity index (χ0v) is 8.25. The van der Waals surface area contributed by atoms with Gasteiger partial charge in [-0.15, -0.1) is 0 Å². The van der Waals surface area contributed by atoms with Gasteiger partial charge in [-0.05, 0) is 29.7 Å². The molecular weight excluding hydrogens is 159 g/mol. The summed E-state index contributed by atoms with van der Waals surface area (Å²) in [7, 11) is 0. The van der Waals surface area contributed by atoms with E-state index in [9.17, 15) is 5.02 Å². The fourth-order valence-electron chi connectivity index (χ4n) is 1.96. The third-order valence-corrected chi connectivity index (χ3v) is 2.88. The molecule has 0 radical (unpaired) electrons. The molecular formula is C11H15BO. The maximum Gasteiger partial charge on any atom is 0.324 e. The summed E-state index contributed by atoms with van der Waals surface area (Å²) < 4.78 is 0. The Balaban J connectivity index is 2.42. The molecule has 2 rings (SSSR count). The first-order valence-corrected chi connectivity index (χ1v) is 4.99. The first-order chi connectivity index (χ1) is 6.18. The van der Waals surface area contributed by atoms with Gasteiger partial charge in [0, 0.05) is 0 Å². The van der Waals surface area contributed by atoms with Gasteiger partial charge < -0.3 is 5.02 Å². The molecule has 1 aromatic rings. The number of hydrogen-bond donors (Lipinski definition) is 1. The zero-order chi connectivity index (χ0) is 9.42. The summed E-state index contributed by atoms with van der Waals surface area (Å²) >= 11 is 0. The van der Waals surface area contributed by atoms with Crippen molar-refractivity contribution < 1.29 is 5.02 Å². The normalized spacial score (nSPS) is 15.2. The van der Waals surface area contributed by atoms with E-state index in [2.05, 4.69) is 32.0 Å². The lowest BCUT2D eigenvalue weighted by molar-refractivity contribution is 0.587. The molecule has 0 atom stereocenters. The number of rotatable bonds is 1. The molecule has 1 aromatic carbocycles. The second kappa shape index (κ2) is 3.19. The highest BCUT2D eigenvalue weighted by molar-refractivity contribution is 6.68. The summed E-state index contributed by atoms with van der Waals surface area (Å²) in [6.07, 6.45) is 1.94. The number of hydrogen-bond acceptors (Lipinski definition) is 1. The van der Waals surface area contributed by atoms with Crippen LogP contribution in [0, 0.1) is 0 Å². The van der Waals surface area contributed by atoms with Gasteiger partial charge in [-0.1, -0.05) is 37.6 Å². The predicted molar refractivity (Wildman–Crippen MR) is 56.6 cm³/mol. The van der Waals surface area contributed by atoms with Crippen molar-refractivity contribution in [2.75, 3.05) is 0 Å². The SMILES string of the molecule is CC(C)c1ccc2c(c1)B(O)CC2. The van der Waals surface area contributed by atoms with Gasteiger partial charge in [0.2, 0.25) is 0 Å². The Morgan fingerprint density at radius 2 is 2.15 bits per heavy atom. The highest BCUT2D eigenvalue weighted by Crippen LogP contribution is 2.18. The van der Waals surface area contributed by atoms with Crippen molar-refractivity contribution in [1.82, 2.24) is 0 Å². The summed E-state index contributed by atoms with van der Waals surface area (Å²) in [5.41, 5.74) is 3.82. The lowest BCUT2D eigenvalue weighted by Crippen LogP contribution is -2.26. The summed E-state index contributed by atoms with van der Waals surface area (Å²) in [4.78, 5) is 0. The van der Waals surface area contributed by atoms with Gasteiger partial charge in [0.05, 0.1) is 0 Å². The molecule has 1 aliphatic rings. The molecule has 68 valence electrons. The Kier molecular flexibility index (Phi) is 2.16. The van der Waals surface area contributed by atoms with Crippen molar-refractivity contribution in [2.24, 2.45) is 0 Å². The molecule has 0 bridgehead atoms. The highest BCUT2D eigenvalue weighted by atomic mass is 16.2. The Morgan fingerprint density at radius 1 is 1.38 bits per heavy atom. The lowest BCUT2D eigenvalue weighted by atomic mass is 9.62. The van der Waals surface area contributed by atoms with Crippen LogP contribution in [-0.2, 0) is 6.42 Å². The summed E-state index contributed by atoms with van der Waals surface area (Å²) in [6.45, 7) is 4.15. The molecule has 0 saturated carbocycles. The maximum atomic E-state index is 9.69. The van der Waals surface area contributed by atoms with Gasteiger partial charge in [-0.3, -0.25) is 0 Å². The molecule has 0 unspecified atom stereocenters. The smallest absolute Gasteiger partial charge is 0.324 e. The third kappa shape index (κ3) is 1.51. The molecule has 1 N–H and O–H groups in total. The molecule has 0 fully saturated rings. The van der Waals surface area contributed by atoms with E-state index in [1.165, 1.54) is 11.1 Å². The van der Waals surface area contributed by atoms with Crippen LogP contribution >= 0.6 is 0 Å². The van der Waals surface area contributed by atoms with Crippen LogP contribution in [0.5, 0.6) is 0 Å². The molecule has 0 aliphatic carbocycles. The van der Waals surface area contributed by atoms with Crippen molar-refractivity contribution in [3.63, 3.8) is 0 Å². The Hall–Kier alpha value is -0.755. The third-order valence-electron chi connectivity index (χ3n) is 2.88. The average Bonchev–Trinajstić information content (AvgIpc) is 2.47. The second-order valence-electron chi connectivity index (χ2n) is 4.17. The topological polar surface area (TPSA) is 20.2 Å². The van der Waals surface area contributed by atoms with Crippen LogP contribution in [0.4, 0.5) is 0 Å². The molecule has 0 saturated heterocycles. The lowest BCUT2D eigenvalue weighted by Gasteiger charge is -2.08. The van der Waals surface area contributed by atoms with E-state index in [-0.39, 0.29) is 6.92 Å². The van der Waals surface area contributed by atoms with Crippen molar-refractivity contribution >= 4 is 12.4 Å². The van der Waals surface area contributed by atoms with Gasteiger partial charge in [-0.2, -0.15) is 0 Å². The van der Waals surface area contributed by atoms with E-state index in [1.807, 2.05) is 0 Å². The minimum absolute atomic E-state index is 0.214. The fraction of sp³-hybridized carbons (Fsp3) is 0.455. The zero-order valence-electron chi connectivity index (χ0n) is 8.25. The van der Waals surface area contributed by atoms with Crippen molar-refractivity contribution in [3.8, 4) is 0 Å². The van der Waals surface area contributed by atoms with E-state index >= 15 is 0 Å². The van der Waals surface area contributed by atoms with E-state index in [4.69, 9.17) is 0 Å². The van der Waals surface area contributed by atoms with Crippen LogP contribution < -0.4 is 5.46 Å². The maximum absolute atomic E-state index is 9.69. The van der Waals surface area contributed by atoms with Crippen molar-refractivity contribution in [3.05, 3.63) is 29.3 Å². The van der Waals surface area contributed by atoms with Gasteiger partial charge in [-0.25, -0.2) is 0 Å². The quantitative estimate of drug-likeness (QED) is 0.640. The van der Waals surface area contributed by atoms with Crippen LogP contribution in [0.2, 0.25) is 6.32 Å². The van der Waals surface area contributed by atoms with E-state index in [0.29, 0.717) is 5.92 Å². The van der Waals surface area contributed by atoms with Crippen LogP contribution in [0.1, 0.15) is 30.9 Å². The second-order valence-corrected chi connectivity index (χ2v) is 4.17. The largest absolute Gasteiger partial charge is 0.446 e. The van der Waals surface area contributed by atoms with E-state index < -0.39 is 0 Å². The van der Waals surface area contributed by atoms with Crippen LogP contribution in [-0.4, -0.2) is 11.9 Å².